The summed E-state index contributed by atoms with van der Waals surface area (Å²) in [5, 5.41) is 9.50. The van der Waals surface area contributed by atoms with E-state index < -0.39 is 12.1 Å². The first-order valence-corrected chi connectivity index (χ1v) is 4.47. The highest BCUT2D eigenvalue weighted by Gasteiger charge is 2.28. The molecule has 76 valence electrons. The molecule has 2 atom stereocenters. The SMILES string of the molecule is COc1cccc2c1OCC(O)C2N. The van der Waals surface area contributed by atoms with Crippen molar-refractivity contribution >= 4 is 0 Å². The predicted molar refractivity (Wildman–Crippen MR) is 51.4 cm³/mol. The van der Waals surface area contributed by atoms with Crippen LogP contribution >= 0.6 is 0 Å². The number of aliphatic hydroxyl groups excluding tert-OH is 1. The molecule has 4 nitrogen and oxygen atoms in total. The van der Waals surface area contributed by atoms with Crippen LogP contribution in [0, 0.1) is 0 Å². The van der Waals surface area contributed by atoms with Gasteiger partial charge in [-0.15, -0.1) is 0 Å². The maximum absolute atomic E-state index is 9.50. The zero-order valence-corrected chi connectivity index (χ0v) is 7.93. The van der Waals surface area contributed by atoms with Gasteiger partial charge in [-0.1, -0.05) is 12.1 Å². The van der Waals surface area contributed by atoms with Gasteiger partial charge in [-0.3, -0.25) is 0 Å². The number of fused-ring (bicyclic) bond motifs is 1. The lowest BCUT2D eigenvalue weighted by molar-refractivity contribution is 0.0659. The van der Waals surface area contributed by atoms with Gasteiger partial charge in [-0.2, -0.15) is 0 Å². The lowest BCUT2D eigenvalue weighted by Gasteiger charge is -2.28. The van der Waals surface area contributed by atoms with E-state index in [1.165, 1.54) is 0 Å². The molecule has 2 unspecified atom stereocenters. The van der Waals surface area contributed by atoms with Crippen LogP contribution in [0.4, 0.5) is 0 Å². The molecular formula is C10H13NO3. The molecule has 1 aromatic carbocycles. The molecule has 0 aliphatic carbocycles. The lowest BCUT2D eigenvalue weighted by atomic mass is 9.99. The van der Waals surface area contributed by atoms with Crippen LogP contribution in [-0.2, 0) is 0 Å². The van der Waals surface area contributed by atoms with E-state index in [9.17, 15) is 5.11 Å². The van der Waals surface area contributed by atoms with Gasteiger partial charge in [0.25, 0.3) is 0 Å². The highest BCUT2D eigenvalue weighted by molar-refractivity contribution is 5.49. The molecule has 3 N–H and O–H groups in total. The van der Waals surface area contributed by atoms with Crippen LogP contribution in [0.25, 0.3) is 0 Å². The molecular weight excluding hydrogens is 182 g/mol. The molecule has 0 saturated carbocycles. The van der Waals surface area contributed by atoms with Crippen molar-refractivity contribution in [3.63, 3.8) is 0 Å². The normalized spacial score (nSPS) is 25.1. The third-order valence-electron chi connectivity index (χ3n) is 2.40. The Kier molecular flexibility index (Phi) is 2.31. The van der Waals surface area contributed by atoms with Crippen LogP contribution < -0.4 is 15.2 Å². The van der Waals surface area contributed by atoms with E-state index in [0.717, 1.165) is 5.56 Å². The van der Waals surface area contributed by atoms with E-state index in [4.69, 9.17) is 15.2 Å². The van der Waals surface area contributed by atoms with Crippen molar-refractivity contribution in [3.05, 3.63) is 23.8 Å². The van der Waals surface area contributed by atoms with Crippen LogP contribution in [0.5, 0.6) is 11.5 Å². The molecule has 1 heterocycles. The quantitative estimate of drug-likeness (QED) is 0.682. The molecule has 0 radical (unpaired) electrons. The van der Waals surface area contributed by atoms with Crippen molar-refractivity contribution < 1.29 is 14.6 Å². The smallest absolute Gasteiger partial charge is 0.166 e. The van der Waals surface area contributed by atoms with Crippen molar-refractivity contribution in [2.24, 2.45) is 5.73 Å². The lowest BCUT2D eigenvalue weighted by Crippen LogP contribution is -2.35. The van der Waals surface area contributed by atoms with Crippen LogP contribution in [0.15, 0.2) is 18.2 Å². The van der Waals surface area contributed by atoms with Crippen molar-refractivity contribution in [2.45, 2.75) is 12.1 Å². The molecule has 0 amide bonds. The first-order valence-electron chi connectivity index (χ1n) is 4.47. The first-order chi connectivity index (χ1) is 6.74. The van der Waals surface area contributed by atoms with Gasteiger partial charge in [-0.25, -0.2) is 0 Å². The highest BCUT2D eigenvalue weighted by atomic mass is 16.5. The van der Waals surface area contributed by atoms with Crippen LogP contribution in [0.2, 0.25) is 0 Å². The standard InChI is InChI=1S/C10H13NO3/c1-13-8-4-2-3-6-9(11)7(12)5-14-10(6)8/h2-4,7,9,12H,5,11H2,1H3. The van der Waals surface area contributed by atoms with Crippen molar-refractivity contribution in [2.75, 3.05) is 13.7 Å². The zero-order chi connectivity index (χ0) is 10.1. The summed E-state index contributed by atoms with van der Waals surface area (Å²) in [5.74, 6) is 1.30. The molecule has 14 heavy (non-hydrogen) atoms. The van der Waals surface area contributed by atoms with Crippen molar-refractivity contribution in [1.82, 2.24) is 0 Å². The fourth-order valence-corrected chi connectivity index (χ4v) is 1.59. The molecule has 0 saturated heterocycles. The third kappa shape index (κ3) is 1.32. The van der Waals surface area contributed by atoms with Gasteiger partial charge in [0, 0.05) is 5.56 Å². The van der Waals surface area contributed by atoms with Gasteiger partial charge >= 0.3 is 0 Å². The second-order valence-corrected chi connectivity index (χ2v) is 3.28. The van der Waals surface area contributed by atoms with Gasteiger partial charge in [0.15, 0.2) is 11.5 Å². The van der Waals surface area contributed by atoms with Crippen LogP contribution in [0.1, 0.15) is 11.6 Å². The van der Waals surface area contributed by atoms with Gasteiger partial charge in [0.2, 0.25) is 0 Å². The van der Waals surface area contributed by atoms with Crippen LogP contribution in [0.3, 0.4) is 0 Å². The van der Waals surface area contributed by atoms with E-state index in [0.29, 0.717) is 11.5 Å². The maximum Gasteiger partial charge on any atom is 0.166 e. The maximum atomic E-state index is 9.50. The number of aliphatic hydroxyl groups is 1. The summed E-state index contributed by atoms with van der Waals surface area (Å²) in [4.78, 5) is 0. The summed E-state index contributed by atoms with van der Waals surface area (Å²) < 4.78 is 10.5. The summed E-state index contributed by atoms with van der Waals surface area (Å²) >= 11 is 0. The summed E-state index contributed by atoms with van der Waals surface area (Å²) in [7, 11) is 1.58. The summed E-state index contributed by atoms with van der Waals surface area (Å²) in [5.41, 5.74) is 6.62. The Morgan fingerprint density at radius 3 is 3.07 bits per heavy atom. The zero-order valence-electron chi connectivity index (χ0n) is 7.93. The largest absolute Gasteiger partial charge is 0.493 e. The number of nitrogens with two attached hydrogens (primary N) is 1. The first kappa shape index (κ1) is 9.30. The monoisotopic (exact) mass is 195 g/mol. The van der Waals surface area contributed by atoms with Crippen LogP contribution in [-0.4, -0.2) is 24.9 Å². The Morgan fingerprint density at radius 1 is 1.57 bits per heavy atom. The highest BCUT2D eigenvalue weighted by Crippen LogP contribution is 2.38. The Labute approximate surface area is 82.2 Å². The van der Waals surface area contributed by atoms with Gasteiger partial charge in [0.1, 0.15) is 12.7 Å². The number of methoxy groups -OCH3 is 1. The average molecular weight is 195 g/mol. The molecule has 4 heteroatoms. The molecule has 0 bridgehead atoms. The minimum atomic E-state index is -0.644. The molecule has 1 aliphatic rings. The van der Waals surface area contributed by atoms with E-state index in [-0.39, 0.29) is 6.61 Å². The topological polar surface area (TPSA) is 64.7 Å². The minimum absolute atomic E-state index is 0.217. The summed E-state index contributed by atoms with van der Waals surface area (Å²) in [6.07, 6.45) is -0.644. The molecule has 2 rings (SSSR count). The van der Waals surface area contributed by atoms with E-state index in [1.807, 2.05) is 18.2 Å². The number of benzene rings is 1. The number of hydrogen-bond acceptors (Lipinski definition) is 4. The third-order valence-corrected chi connectivity index (χ3v) is 2.40. The average Bonchev–Trinajstić information content (AvgIpc) is 2.23. The van der Waals surface area contributed by atoms with Gasteiger partial charge in [-0.05, 0) is 6.07 Å². The minimum Gasteiger partial charge on any atom is -0.493 e. The molecule has 0 aromatic heterocycles. The molecule has 1 aliphatic heterocycles. The Bertz CT molecular complexity index is 340. The van der Waals surface area contributed by atoms with Crippen molar-refractivity contribution in [1.29, 1.82) is 0 Å². The van der Waals surface area contributed by atoms with E-state index >= 15 is 0 Å². The second kappa shape index (κ2) is 3.48. The van der Waals surface area contributed by atoms with Crippen molar-refractivity contribution in [3.8, 4) is 11.5 Å². The Hall–Kier alpha value is -1.26. The molecule has 1 aromatic rings. The van der Waals surface area contributed by atoms with E-state index in [1.54, 1.807) is 7.11 Å². The van der Waals surface area contributed by atoms with E-state index in [2.05, 4.69) is 0 Å². The Balaban J connectivity index is 2.47. The Morgan fingerprint density at radius 2 is 2.36 bits per heavy atom. The number of hydrogen-bond donors (Lipinski definition) is 2. The summed E-state index contributed by atoms with van der Waals surface area (Å²) in [6.45, 7) is 0.217. The fraction of sp³-hybridized carbons (Fsp3) is 0.400. The summed E-state index contributed by atoms with van der Waals surface area (Å²) in [6, 6.07) is 5.08. The number of ether oxygens (including phenoxy) is 2. The fourth-order valence-electron chi connectivity index (χ4n) is 1.59. The van der Waals surface area contributed by atoms with Gasteiger partial charge < -0.3 is 20.3 Å². The number of rotatable bonds is 1. The number of para-hydroxylation sites is 1. The second-order valence-electron chi connectivity index (χ2n) is 3.28. The molecule has 0 fully saturated rings. The molecule has 0 spiro atoms. The van der Waals surface area contributed by atoms with Gasteiger partial charge in [0.05, 0.1) is 13.2 Å². The predicted octanol–water partition coefficient (Wildman–Crippen LogP) is 0.448.